The smallest absolute Gasteiger partial charge is 0.338 e. The number of nitrogens with one attached hydrogen (secondary N) is 2. The highest BCUT2D eigenvalue weighted by atomic mass is 16.5. The Labute approximate surface area is 169 Å². The van der Waals surface area contributed by atoms with Crippen molar-refractivity contribution in [3.8, 4) is 0 Å². The number of aryl methyl sites for hydroxylation is 2. The van der Waals surface area contributed by atoms with E-state index in [2.05, 4.69) is 20.6 Å². The first-order valence-corrected chi connectivity index (χ1v) is 9.21. The van der Waals surface area contributed by atoms with Crippen molar-refractivity contribution in [3.63, 3.8) is 0 Å². The number of amides is 1. The van der Waals surface area contributed by atoms with Crippen molar-refractivity contribution >= 4 is 29.2 Å². The molecular weight excluding hydrogens is 368 g/mol. The number of nitrogens with zero attached hydrogens (tertiary/aromatic N) is 2. The van der Waals surface area contributed by atoms with E-state index in [1.165, 1.54) is 12.4 Å². The van der Waals surface area contributed by atoms with Gasteiger partial charge in [0.05, 0.1) is 17.7 Å². The molecule has 0 fully saturated rings. The standard InChI is InChI=1S/C22H22N4O3/c1-4-29-21(28)16-6-9-18(10-7-16)26-22-23-12-17(13-24-22)20(27)25-19-8-5-14(2)15(3)11-19/h5-13H,4H2,1-3H3,(H,25,27)(H,23,24,26). The van der Waals surface area contributed by atoms with E-state index in [0.29, 0.717) is 29.4 Å². The molecule has 1 aromatic heterocycles. The molecule has 1 heterocycles. The summed E-state index contributed by atoms with van der Waals surface area (Å²) in [6.45, 7) is 6.10. The largest absolute Gasteiger partial charge is 0.462 e. The number of benzene rings is 2. The molecule has 7 nitrogen and oxygen atoms in total. The molecule has 2 N–H and O–H groups in total. The Morgan fingerprint density at radius 1 is 0.897 bits per heavy atom. The number of hydrogen-bond acceptors (Lipinski definition) is 6. The lowest BCUT2D eigenvalue weighted by atomic mass is 10.1. The fraction of sp³-hybridized carbons (Fsp3) is 0.182. The molecule has 7 heteroatoms. The lowest BCUT2D eigenvalue weighted by molar-refractivity contribution is 0.0526. The van der Waals surface area contributed by atoms with E-state index >= 15 is 0 Å². The van der Waals surface area contributed by atoms with Crippen LogP contribution in [-0.2, 0) is 4.74 Å². The van der Waals surface area contributed by atoms with E-state index in [4.69, 9.17) is 4.74 Å². The second-order valence-electron chi connectivity index (χ2n) is 6.47. The van der Waals surface area contributed by atoms with E-state index in [9.17, 15) is 9.59 Å². The highest BCUT2D eigenvalue weighted by molar-refractivity contribution is 6.04. The predicted molar refractivity (Wildman–Crippen MR) is 112 cm³/mol. The summed E-state index contributed by atoms with van der Waals surface area (Å²) in [7, 11) is 0. The maximum absolute atomic E-state index is 12.4. The van der Waals surface area contributed by atoms with Crippen molar-refractivity contribution < 1.29 is 14.3 Å². The molecule has 0 saturated carbocycles. The molecule has 0 radical (unpaired) electrons. The van der Waals surface area contributed by atoms with Crippen LogP contribution in [0.4, 0.5) is 17.3 Å². The highest BCUT2D eigenvalue weighted by Gasteiger charge is 2.09. The van der Waals surface area contributed by atoms with Gasteiger partial charge in [-0.2, -0.15) is 0 Å². The molecule has 0 aliphatic carbocycles. The van der Waals surface area contributed by atoms with Crippen molar-refractivity contribution in [2.24, 2.45) is 0 Å². The van der Waals surface area contributed by atoms with Crippen molar-refractivity contribution in [1.29, 1.82) is 0 Å². The highest BCUT2D eigenvalue weighted by Crippen LogP contribution is 2.17. The van der Waals surface area contributed by atoms with Gasteiger partial charge >= 0.3 is 5.97 Å². The average Bonchev–Trinajstić information content (AvgIpc) is 2.72. The van der Waals surface area contributed by atoms with Gasteiger partial charge in [-0.15, -0.1) is 0 Å². The number of hydrogen-bond donors (Lipinski definition) is 2. The van der Waals surface area contributed by atoms with Crippen LogP contribution in [-0.4, -0.2) is 28.5 Å². The Kier molecular flexibility index (Phi) is 6.19. The van der Waals surface area contributed by atoms with Crippen LogP contribution >= 0.6 is 0 Å². The van der Waals surface area contributed by atoms with Crippen LogP contribution in [0.15, 0.2) is 54.9 Å². The lowest BCUT2D eigenvalue weighted by Crippen LogP contribution is -2.13. The summed E-state index contributed by atoms with van der Waals surface area (Å²) >= 11 is 0. The molecule has 29 heavy (non-hydrogen) atoms. The third-order valence-electron chi connectivity index (χ3n) is 4.33. The lowest BCUT2D eigenvalue weighted by Gasteiger charge is -2.09. The molecular formula is C22H22N4O3. The Hall–Kier alpha value is -3.74. The van der Waals surface area contributed by atoms with Crippen molar-refractivity contribution in [3.05, 3.63) is 77.1 Å². The van der Waals surface area contributed by atoms with Crippen LogP contribution < -0.4 is 10.6 Å². The quantitative estimate of drug-likeness (QED) is 0.611. The normalized spacial score (nSPS) is 10.3. The maximum Gasteiger partial charge on any atom is 0.338 e. The predicted octanol–water partition coefficient (Wildman–Crippen LogP) is 4.27. The number of carbonyl (C=O) groups is 2. The third-order valence-corrected chi connectivity index (χ3v) is 4.33. The monoisotopic (exact) mass is 390 g/mol. The van der Waals surface area contributed by atoms with Crippen molar-refractivity contribution in [2.45, 2.75) is 20.8 Å². The molecule has 1 amide bonds. The Bertz CT molecular complexity index is 1020. The Morgan fingerprint density at radius 2 is 1.55 bits per heavy atom. The van der Waals surface area contributed by atoms with Gasteiger partial charge in [-0.1, -0.05) is 6.07 Å². The van der Waals surface area contributed by atoms with Crippen LogP contribution in [0.2, 0.25) is 0 Å². The van der Waals surface area contributed by atoms with Gasteiger partial charge in [-0.3, -0.25) is 4.79 Å². The Balaban J connectivity index is 1.63. The summed E-state index contributed by atoms with van der Waals surface area (Å²) in [6, 6.07) is 12.5. The molecule has 0 aliphatic heterocycles. The zero-order valence-corrected chi connectivity index (χ0v) is 16.5. The number of esters is 1. The van der Waals surface area contributed by atoms with Gasteiger partial charge in [0.15, 0.2) is 0 Å². The zero-order chi connectivity index (χ0) is 20.8. The fourth-order valence-corrected chi connectivity index (χ4v) is 2.57. The molecule has 0 saturated heterocycles. The van der Waals surface area contributed by atoms with E-state index in [1.54, 1.807) is 31.2 Å². The van der Waals surface area contributed by atoms with E-state index in [1.807, 2.05) is 32.0 Å². The van der Waals surface area contributed by atoms with Crippen LogP contribution in [0.3, 0.4) is 0 Å². The van der Waals surface area contributed by atoms with Crippen molar-refractivity contribution in [1.82, 2.24) is 9.97 Å². The van der Waals surface area contributed by atoms with Gasteiger partial charge < -0.3 is 15.4 Å². The van der Waals surface area contributed by atoms with Crippen molar-refractivity contribution in [2.75, 3.05) is 17.2 Å². The third kappa shape index (κ3) is 5.16. The molecule has 148 valence electrons. The minimum atomic E-state index is -0.366. The first kappa shape index (κ1) is 20.0. The van der Waals surface area contributed by atoms with Crippen LogP contribution in [0.5, 0.6) is 0 Å². The summed E-state index contributed by atoms with van der Waals surface area (Å²) in [5, 5.41) is 5.86. The number of carbonyl (C=O) groups excluding carboxylic acids is 2. The first-order valence-electron chi connectivity index (χ1n) is 9.21. The summed E-state index contributed by atoms with van der Waals surface area (Å²) in [6.07, 6.45) is 2.91. The fourth-order valence-electron chi connectivity index (χ4n) is 2.57. The van der Waals surface area contributed by atoms with Gasteiger partial charge in [-0.25, -0.2) is 14.8 Å². The molecule has 2 aromatic carbocycles. The summed E-state index contributed by atoms with van der Waals surface area (Å²) in [4.78, 5) is 32.4. The minimum Gasteiger partial charge on any atom is -0.462 e. The van der Waals surface area contributed by atoms with Gasteiger partial charge in [0.2, 0.25) is 5.95 Å². The number of rotatable bonds is 6. The topological polar surface area (TPSA) is 93.2 Å². The minimum absolute atomic E-state index is 0.279. The van der Waals surface area contributed by atoms with Crippen LogP contribution in [0.25, 0.3) is 0 Å². The van der Waals surface area contributed by atoms with E-state index in [0.717, 1.165) is 16.8 Å². The van der Waals surface area contributed by atoms with Crippen LogP contribution in [0, 0.1) is 13.8 Å². The molecule has 3 rings (SSSR count). The second-order valence-corrected chi connectivity index (χ2v) is 6.47. The first-order chi connectivity index (χ1) is 14.0. The molecule has 0 unspecified atom stereocenters. The summed E-state index contributed by atoms with van der Waals surface area (Å²) in [5.74, 6) is -0.301. The van der Waals surface area contributed by atoms with E-state index in [-0.39, 0.29) is 11.9 Å². The average molecular weight is 390 g/mol. The number of ether oxygens (including phenoxy) is 1. The summed E-state index contributed by atoms with van der Waals surface area (Å²) < 4.78 is 4.95. The molecule has 0 spiro atoms. The Morgan fingerprint density at radius 3 is 2.17 bits per heavy atom. The maximum atomic E-state index is 12.4. The molecule has 0 bridgehead atoms. The van der Waals surface area contributed by atoms with Gasteiger partial charge in [0.25, 0.3) is 5.91 Å². The number of anilines is 3. The van der Waals surface area contributed by atoms with Gasteiger partial charge in [0, 0.05) is 23.8 Å². The molecule has 3 aromatic rings. The zero-order valence-electron chi connectivity index (χ0n) is 16.5. The molecule has 0 aliphatic rings. The summed E-state index contributed by atoms with van der Waals surface area (Å²) in [5.41, 5.74) is 4.53. The van der Waals surface area contributed by atoms with Gasteiger partial charge in [-0.05, 0) is 68.3 Å². The van der Waals surface area contributed by atoms with E-state index < -0.39 is 0 Å². The molecule has 0 atom stereocenters. The van der Waals surface area contributed by atoms with Gasteiger partial charge in [0.1, 0.15) is 0 Å². The SMILES string of the molecule is CCOC(=O)c1ccc(Nc2ncc(C(=O)Nc3ccc(C)c(C)c3)cn2)cc1. The number of aromatic nitrogens is 2. The second kappa shape index (κ2) is 8.97. The van der Waals surface area contributed by atoms with Crippen LogP contribution in [0.1, 0.15) is 38.8 Å².